The van der Waals surface area contributed by atoms with Crippen LogP contribution in [0.2, 0.25) is 0 Å². The van der Waals surface area contributed by atoms with Crippen molar-refractivity contribution in [1.82, 2.24) is 20.9 Å². The zero-order chi connectivity index (χ0) is 26.7. The molecule has 0 aromatic heterocycles. The Balaban J connectivity index is 1.43. The molecule has 1 unspecified atom stereocenters. The fourth-order valence-electron chi connectivity index (χ4n) is 4.40. The number of piperidine rings is 1. The third-order valence-electron chi connectivity index (χ3n) is 6.11. The molecule has 2 atom stereocenters. The molecule has 10 nitrogen and oxygen atoms in total. The Morgan fingerprint density at radius 2 is 1.84 bits per heavy atom. The fourth-order valence-corrected chi connectivity index (χ4v) is 4.40. The molecule has 0 spiro atoms. The number of hydrogen-bond acceptors (Lipinski definition) is 6. The summed E-state index contributed by atoms with van der Waals surface area (Å²) in [5, 5.41) is 7.77. The Morgan fingerprint density at radius 1 is 1.11 bits per heavy atom. The molecular formula is C27H30N4O6. The molecule has 0 radical (unpaired) electrons. The first-order chi connectivity index (χ1) is 17.5. The molecule has 3 N–H and O–H groups in total. The number of nitrogens with zero attached hydrogens (tertiary/aromatic N) is 1. The Bertz CT molecular complexity index is 1240. The third-order valence-corrected chi connectivity index (χ3v) is 6.11. The van der Waals surface area contributed by atoms with Crippen molar-refractivity contribution in [3.63, 3.8) is 0 Å². The van der Waals surface area contributed by atoms with Gasteiger partial charge >= 0.3 is 6.09 Å². The smallest absolute Gasteiger partial charge is 0.408 e. The molecule has 4 rings (SSSR count). The minimum absolute atomic E-state index is 0.165. The van der Waals surface area contributed by atoms with E-state index in [9.17, 15) is 24.0 Å². The fraction of sp³-hybridized carbons (Fsp3) is 0.370. The zero-order valence-electron chi connectivity index (χ0n) is 21.0. The van der Waals surface area contributed by atoms with E-state index in [-0.39, 0.29) is 31.3 Å². The Labute approximate surface area is 214 Å². The van der Waals surface area contributed by atoms with Crippen molar-refractivity contribution in [3.8, 4) is 0 Å². The third kappa shape index (κ3) is 6.14. The van der Waals surface area contributed by atoms with Crippen LogP contribution in [0.25, 0.3) is 0 Å². The van der Waals surface area contributed by atoms with Gasteiger partial charge in [0.15, 0.2) is 0 Å². The van der Waals surface area contributed by atoms with Crippen molar-refractivity contribution >= 4 is 29.7 Å². The summed E-state index contributed by atoms with van der Waals surface area (Å²) in [7, 11) is 0. The van der Waals surface area contributed by atoms with Gasteiger partial charge in [0.1, 0.15) is 17.7 Å². The van der Waals surface area contributed by atoms with Gasteiger partial charge in [0.05, 0.1) is 0 Å². The van der Waals surface area contributed by atoms with Gasteiger partial charge < -0.3 is 20.3 Å². The molecule has 0 saturated carbocycles. The molecule has 2 aromatic carbocycles. The second-order valence-corrected chi connectivity index (χ2v) is 10.1. The molecule has 2 aliphatic heterocycles. The molecule has 2 aliphatic rings. The van der Waals surface area contributed by atoms with Crippen LogP contribution in [0.4, 0.5) is 4.79 Å². The summed E-state index contributed by atoms with van der Waals surface area (Å²) >= 11 is 0. The van der Waals surface area contributed by atoms with E-state index < -0.39 is 35.6 Å². The lowest BCUT2D eigenvalue weighted by Crippen LogP contribution is -2.52. The van der Waals surface area contributed by atoms with Gasteiger partial charge in [-0.15, -0.1) is 0 Å². The molecule has 2 heterocycles. The average Bonchev–Trinajstić information content (AvgIpc) is 3.16. The zero-order valence-corrected chi connectivity index (χ0v) is 21.0. The quantitative estimate of drug-likeness (QED) is 0.515. The number of fused-ring (bicyclic) bond motifs is 1. The van der Waals surface area contributed by atoms with E-state index in [0.29, 0.717) is 17.5 Å². The van der Waals surface area contributed by atoms with Gasteiger partial charge in [-0.1, -0.05) is 42.5 Å². The van der Waals surface area contributed by atoms with Crippen LogP contribution < -0.4 is 16.0 Å². The molecule has 2 aromatic rings. The molecule has 37 heavy (non-hydrogen) atoms. The van der Waals surface area contributed by atoms with Gasteiger partial charge in [-0.25, -0.2) is 4.79 Å². The van der Waals surface area contributed by atoms with Crippen molar-refractivity contribution in [2.45, 2.75) is 64.4 Å². The number of nitrogens with one attached hydrogen (secondary N) is 3. The first-order valence-corrected chi connectivity index (χ1v) is 12.1. The van der Waals surface area contributed by atoms with Crippen LogP contribution in [-0.2, 0) is 32.2 Å². The average molecular weight is 507 g/mol. The summed E-state index contributed by atoms with van der Waals surface area (Å²) < 4.78 is 5.32. The van der Waals surface area contributed by atoms with E-state index in [0.717, 1.165) is 11.1 Å². The minimum Gasteiger partial charge on any atom is -0.444 e. The topological polar surface area (TPSA) is 134 Å². The summed E-state index contributed by atoms with van der Waals surface area (Å²) in [6.07, 6.45) is -0.229. The van der Waals surface area contributed by atoms with Crippen molar-refractivity contribution in [3.05, 3.63) is 70.8 Å². The number of amides is 5. The second-order valence-electron chi connectivity index (χ2n) is 10.1. The number of carbonyl (C=O) groups excluding carboxylic acids is 5. The minimum atomic E-state index is -0.963. The largest absolute Gasteiger partial charge is 0.444 e. The van der Waals surface area contributed by atoms with Crippen molar-refractivity contribution in [2.24, 2.45) is 0 Å². The highest BCUT2D eigenvalue weighted by Crippen LogP contribution is 2.28. The van der Waals surface area contributed by atoms with Gasteiger partial charge in [-0.2, -0.15) is 0 Å². The van der Waals surface area contributed by atoms with Crippen molar-refractivity contribution < 1.29 is 28.7 Å². The van der Waals surface area contributed by atoms with Gasteiger partial charge in [0, 0.05) is 25.1 Å². The SMILES string of the molecule is CC(C)(C)OC(=O)N[C@H](C(=O)NCc1ccc2c(c1)CN(C1CCC(=O)NC1=O)C2=O)c1ccccc1. The Hall–Kier alpha value is -4.21. The summed E-state index contributed by atoms with van der Waals surface area (Å²) in [5.74, 6) is -1.47. The van der Waals surface area contributed by atoms with E-state index in [1.807, 2.05) is 12.1 Å². The summed E-state index contributed by atoms with van der Waals surface area (Å²) in [4.78, 5) is 63.6. The summed E-state index contributed by atoms with van der Waals surface area (Å²) in [5.41, 5.74) is 1.88. The lowest BCUT2D eigenvalue weighted by Gasteiger charge is -2.29. The molecule has 194 valence electrons. The predicted molar refractivity (Wildman–Crippen MR) is 133 cm³/mol. The first-order valence-electron chi connectivity index (χ1n) is 12.1. The molecule has 1 fully saturated rings. The first kappa shape index (κ1) is 25.9. The maximum absolute atomic E-state index is 13.1. The van der Waals surface area contributed by atoms with E-state index in [1.54, 1.807) is 57.2 Å². The van der Waals surface area contributed by atoms with E-state index in [4.69, 9.17) is 4.74 Å². The maximum Gasteiger partial charge on any atom is 0.408 e. The lowest BCUT2D eigenvalue weighted by atomic mass is 10.0. The maximum atomic E-state index is 13.1. The van der Waals surface area contributed by atoms with Gasteiger partial charge in [-0.3, -0.25) is 24.5 Å². The van der Waals surface area contributed by atoms with Gasteiger partial charge in [0.25, 0.3) is 5.91 Å². The van der Waals surface area contributed by atoms with Crippen molar-refractivity contribution in [1.29, 1.82) is 0 Å². The van der Waals surface area contributed by atoms with Gasteiger partial charge in [-0.05, 0) is 49.9 Å². The van der Waals surface area contributed by atoms with E-state index >= 15 is 0 Å². The molecule has 0 aliphatic carbocycles. The molecule has 0 bridgehead atoms. The van der Waals surface area contributed by atoms with Crippen LogP contribution in [0.15, 0.2) is 48.5 Å². The number of ether oxygens (including phenoxy) is 1. The van der Waals surface area contributed by atoms with Gasteiger partial charge in [0.2, 0.25) is 17.7 Å². The highest BCUT2D eigenvalue weighted by Gasteiger charge is 2.39. The summed E-state index contributed by atoms with van der Waals surface area (Å²) in [6.45, 7) is 5.63. The van der Waals surface area contributed by atoms with Crippen molar-refractivity contribution in [2.75, 3.05) is 0 Å². The highest BCUT2D eigenvalue weighted by atomic mass is 16.6. The Morgan fingerprint density at radius 3 is 2.51 bits per heavy atom. The number of benzene rings is 2. The number of imide groups is 1. The van der Waals surface area contributed by atoms with Crippen LogP contribution >= 0.6 is 0 Å². The predicted octanol–water partition coefficient (Wildman–Crippen LogP) is 2.33. The monoisotopic (exact) mass is 506 g/mol. The molecule has 5 amide bonds. The van der Waals surface area contributed by atoms with Crippen LogP contribution in [0, 0.1) is 0 Å². The lowest BCUT2D eigenvalue weighted by molar-refractivity contribution is -0.137. The molecule has 10 heteroatoms. The van der Waals surface area contributed by atoms with Crippen LogP contribution in [0.1, 0.15) is 66.7 Å². The van der Waals surface area contributed by atoms with E-state index in [2.05, 4.69) is 16.0 Å². The summed E-state index contributed by atoms with van der Waals surface area (Å²) in [6, 6.07) is 12.4. The number of carbonyl (C=O) groups is 5. The normalized spacial score (nSPS) is 18.1. The molecule has 1 saturated heterocycles. The van der Waals surface area contributed by atoms with Crippen LogP contribution in [0.5, 0.6) is 0 Å². The standard InChI is InChI=1S/C27H30N4O6/c1-27(2,3)37-26(36)30-22(17-7-5-4-6-8-17)24(34)28-14-16-9-10-19-18(13-16)15-31(25(19)35)20-11-12-21(32)29-23(20)33/h4-10,13,20,22H,11-12,14-15H2,1-3H3,(H,28,34)(H,30,36)(H,29,32,33)/t20?,22-/m0/s1. The highest BCUT2D eigenvalue weighted by molar-refractivity contribution is 6.05. The second kappa shape index (κ2) is 10.4. The van der Waals surface area contributed by atoms with Crippen LogP contribution in [0.3, 0.4) is 0 Å². The van der Waals surface area contributed by atoms with Crippen LogP contribution in [-0.4, -0.2) is 46.3 Å². The number of hydrogen-bond donors (Lipinski definition) is 3. The Kier molecular flexibility index (Phi) is 7.28. The molecular weight excluding hydrogens is 476 g/mol. The number of rotatable bonds is 6. The van der Waals surface area contributed by atoms with E-state index in [1.165, 1.54) is 4.90 Å². The number of alkyl carbamates (subject to hydrolysis) is 1.